The highest BCUT2D eigenvalue weighted by atomic mass is 35.5. The number of aliphatic hydroxyl groups is 1. The van der Waals surface area contributed by atoms with Crippen LogP contribution in [-0.2, 0) is 6.42 Å². The predicted molar refractivity (Wildman–Crippen MR) is 102 cm³/mol. The molecule has 1 N–H and O–H groups in total. The second-order valence-electron chi connectivity index (χ2n) is 5.96. The Morgan fingerprint density at radius 2 is 1.96 bits per heavy atom. The Morgan fingerprint density at radius 3 is 2.64 bits per heavy atom. The van der Waals surface area contributed by atoms with Gasteiger partial charge in [-0.15, -0.1) is 6.58 Å². The minimum Gasteiger partial charge on any atom is -0.497 e. The number of benzene rings is 2. The minimum absolute atomic E-state index is 0.162. The van der Waals surface area contributed by atoms with Gasteiger partial charge in [0.25, 0.3) is 0 Å². The predicted octanol–water partition coefficient (Wildman–Crippen LogP) is 4.98. The lowest BCUT2D eigenvalue weighted by atomic mass is 9.90. The van der Waals surface area contributed by atoms with Gasteiger partial charge in [0.15, 0.2) is 0 Å². The Hall–Kier alpha value is -2.36. The molecule has 0 fully saturated rings. The molecule has 0 aliphatic heterocycles. The van der Waals surface area contributed by atoms with Crippen molar-refractivity contribution in [3.63, 3.8) is 0 Å². The van der Waals surface area contributed by atoms with Crippen molar-refractivity contribution in [1.82, 2.24) is 4.98 Å². The summed E-state index contributed by atoms with van der Waals surface area (Å²) in [6, 6.07) is 17.5. The standard InChI is InChI=1S/C21H20ClNO2/c1-3-15(11-14-7-5-4-6-8-14)20(24)18-13-16-12-17(25-2)9-10-19(16)23-21(18)22/h3-10,12-13,15,20,24H,1,11H2,2H3/t15-,20+/m1/s1. The van der Waals surface area contributed by atoms with Gasteiger partial charge in [0.1, 0.15) is 10.9 Å². The molecule has 0 unspecified atom stereocenters. The van der Waals surface area contributed by atoms with Gasteiger partial charge in [-0.25, -0.2) is 4.98 Å². The van der Waals surface area contributed by atoms with E-state index in [0.717, 1.165) is 22.2 Å². The Kier molecular flexibility index (Phi) is 5.37. The first kappa shape index (κ1) is 17.5. The molecule has 0 aliphatic carbocycles. The van der Waals surface area contributed by atoms with Crippen molar-refractivity contribution in [2.45, 2.75) is 12.5 Å². The van der Waals surface area contributed by atoms with Crippen LogP contribution in [0, 0.1) is 5.92 Å². The first-order valence-corrected chi connectivity index (χ1v) is 8.49. The van der Waals surface area contributed by atoms with Crippen LogP contribution in [0.2, 0.25) is 5.15 Å². The third kappa shape index (κ3) is 3.84. The molecule has 1 heterocycles. The zero-order valence-corrected chi connectivity index (χ0v) is 14.8. The van der Waals surface area contributed by atoms with E-state index >= 15 is 0 Å². The molecule has 1 aromatic heterocycles. The number of fused-ring (bicyclic) bond motifs is 1. The Balaban J connectivity index is 1.95. The number of halogens is 1. The van der Waals surface area contributed by atoms with Crippen LogP contribution in [0.15, 0.2) is 67.3 Å². The summed E-state index contributed by atoms with van der Waals surface area (Å²) in [5, 5.41) is 12.1. The summed E-state index contributed by atoms with van der Waals surface area (Å²) >= 11 is 6.34. The molecule has 128 valence electrons. The summed E-state index contributed by atoms with van der Waals surface area (Å²) in [6.45, 7) is 3.88. The molecule has 25 heavy (non-hydrogen) atoms. The maximum absolute atomic E-state index is 10.9. The number of hydrogen-bond acceptors (Lipinski definition) is 3. The smallest absolute Gasteiger partial charge is 0.135 e. The lowest BCUT2D eigenvalue weighted by Gasteiger charge is -2.21. The average molecular weight is 354 g/mol. The van der Waals surface area contributed by atoms with E-state index in [1.54, 1.807) is 13.2 Å². The van der Waals surface area contributed by atoms with Gasteiger partial charge < -0.3 is 9.84 Å². The molecule has 0 aliphatic rings. The van der Waals surface area contributed by atoms with E-state index in [1.807, 2.05) is 54.6 Å². The SMILES string of the molecule is C=C[C@H](Cc1ccccc1)[C@H](O)c1cc2cc(OC)ccc2nc1Cl. The van der Waals surface area contributed by atoms with Crippen LogP contribution in [0.3, 0.4) is 0 Å². The number of methoxy groups -OCH3 is 1. The molecule has 0 saturated heterocycles. The molecule has 2 atom stereocenters. The topological polar surface area (TPSA) is 42.4 Å². The van der Waals surface area contributed by atoms with E-state index in [0.29, 0.717) is 17.1 Å². The summed E-state index contributed by atoms with van der Waals surface area (Å²) in [6.07, 6.45) is 1.66. The van der Waals surface area contributed by atoms with Crippen molar-refractivity contribution in [3.05, 3.63) is 83.5 Å². The van der Waals surface area contributed by atoms with Crippen molar-refractivity contribution in [1.29, 1.82) is 0 Å². The fourth-order valence-electron chi connectivity index (χ4n) is 2.92. The Bertz CT molecular complexity index is 880. The van der Waals surface area contributed by atoms with Gasteiger partial charge >= 0.3 is 0 Å². The van der Waals surface area contributed by atoms with E-state index < -0.39 is 6.10 Å². The lowest BCUT2D eigenvalue weighted by molar-refractivity contribution is 0.131. The van der Waals surface area contributed by atoms with Gasteiger partial charge in [-0.05, 0) is 36.2 Å². The number of rotatable bonds is 6. The zero-order chi connectivity index (χ0) is 17.8. The van der Waals surface area contributed by atoms with Crippen molar-refractivity contribution in [2.75, 3.05) is 7.11 Å². The normalized spacial score (nSPS) is 13.4. The van der Waals surface area contributed by atoms with Gasteiger partial charge in [0.05, 0.1) is 18.7 Å². The monoisotopic (exact) mass is 353 g/mol. The molecule has 2 aromatic carbocycles. The number of ether oxygens (including phenoxy) is 1. The maximum Gasteiger partial charge on any atom is 0.135 e. The van der Waals surface area contributed by atoms with E-state index in [1.165, 1.54) is 0 Å². The number of aromatic nitrogens is 1. The lowest BCUT2D eigenvalue weighted by Crippen LogP contribution is -2.14. The van der Waals surface area contributed by atoms with E-state index in [9.17, 15) is 5.11 Å². The van der Waals surface area contributed by atoms with Crippen molar-refractivity contribution in [3.8, 4) is 5.75 Å². The fourth-order valence-corrected chi connectivity index (χ4v) is 3.18. The highest BCUT2D eigenvalue weighted by Crippen LogP contribution is 2.33. The van der Waals surface area contributed by atoms with E-state index in [2.05, 4.69) is 11.6 Å². The van der Waals surface area contributed by atoms with Crippen molar-refractivity contribution >= 4 is 22.5 Å². The van der Waals surface area contributed by atoms with Crippen LogP contribution in [0.25, 0.3) is 10.9 Å². The largest absolute Gasteiger partial charge is 0.497 e. The molecule has 3 aromatic rings. The van der Waals surface area contributed by atoms with Crippen LogP contribution in [-0.4, -0.2) is 17.2 Å². The molecule has 3 rings (SSSR count). The Morgan fingerprint density at radius 1 is 1.20 bits per heavy atom. The first-order chi connectivity index (χ1) is 12.1. The van der Waals surface area contributed by atoms with E-state index in [4.69, 9.17) is 16.3 Å². The average Bonchev–Trinajstić information content (AvgIpc) is 2.65. The van der Waals surface area contributed by atoms with Crippen LogP contribution in [0.4, 0.5) is 0 Å². The molecular weight excluding hydrogens is 334 g/mol. The van der Waals surface area contributed by atoms with Gasteiger partial charge in [0, 0.05) is 16.9 Å². The van der Waals surface area contributed by atoms with Gasteiger partial charge in [-0.3, -0.25) is 0 Å². The number of pyridine rings is 1. The third-order valence-electron chi connectivity index (χ3n) is 4.34. The van der Waals surface area contributed by atoms with Gasteiger partial charge in [0.2, 0.25) is 0 Å². The van der Waals surface area contributed by atoms with Crippen molar-refractivity contribution < 1.29 is 9.84 Å². The molecule has 0 spiro atoms. The van der Waals surface area contributed by atoms with Crippen LogP contribution in [0.5, 0.6) is 5.75 Å². The van der Waals surface area contributed by atoms with Gasteiger partial charge in [-0.1, -0.05) is 48.0 Å². The highest BCUT2D eigenvalue weighted by Gasteiger charge is 2.22. The zero-order valence-electron chi connectivity index (χ0n) is 14.0. The van der Waals surface area contributed by atoms with Crippen LogP contribution in [0.1, 0.15) is 17.2 Å². The van der Waals surface area contributed by atoms with E-state index in [-0.39, 0.29) is 5.92 Å². The minimum atomic E-state index is -0.784. The molecule has 0 amide bonds. The fraction of sp³-hybridized carbons (Fsp3) is 0.190. The third-order valence-corrected chi connectivity index (χ3v) is 4.65. The summed E-state index contributed by atoms with van der Waals surface area (Å²) < 4.78 is 5.26. The van der Waals surface area contributed by atoms with Gasteiger partial charge in [-0.2, -0.15) is 0 Å². The molecule has 4 heteroatoms. The molecule has 0 saturated carbocycles. The quantitative estimate of drug-likeness (QED) is 0.502. The van der Waals surface area contributed by atoms with Crippen molar-refractivity contribution in [2.24, 2.45) is 5.92 Å². The molecule has 0 bridgehead atoms. The second-order valence-corrected chi connectivity index (χ2v) is 6.32. The summed E-state index contributed by atoms with van der Waals surface area (Å²) in [5.41, 5.74) is 2.50. The Labute approximate surface area is 152 Å². The molecule has 0 radical (unpaired) electrons. The summed E-state index contributed by atoms with van der Waals surface area (Å²) in [4.78, 5) is 4.41. The van der Waals surface area contributed by atoms with Crippen LogP contribution < -0.4 is 4.74 Å². The molecular formula is C21H20ClNO2. The number of hydrogen-bond donors (Lipinski definition) is 1. The van der Waals surface area contributed by atoms with Crippen LogP contribution >= 0.6 is 11.6 Å². The number of nitrogens with zero attached hydrogens (tertiary/aromatic N) is 1. The maximum atomic E-state index is 10.9. The highest BCUT2D eigenvalue weighted by molar-refractivity contribution is 6.30. The summed E-state index contributed by atoms with van der Waals surface area (Å²) in [5.74, 6) is 0.575. The molecule has 3 nitrogen and oxygen atoms in total. The number of aliphatic hydroxyl groups excluding tert-OH is 1. The summed E-state index contributed by atoms with van der Waals surface area (Å²) in [7, 11) is 1.62. The first-order valence-electron chi connectivity index (χ1n) is 8.11. The second kappa shape index (κ2) is 7.68.